The Balaban J connectivity index is 1.91. The van der Waals surface area contributed by atoms with Gasteiger partial charge in [-0.3, -0.25) is 4.98 Å². The highest BCUT2D eigenvalue weighted by molar-refractivity contribution is 5.81. The van der Waals surface area contributed by atoms with Crippen LogP contribution in [0.3, 0.4) is 0 Å². The molecule has 3 aromatic rings. The lowest BCUT2D eigenvalue weighted by Crippen LogP contribution is -2.22. The van der Waals surface area contributed by atoms with Crippen molar-refractivity contribution < 1.29 is 9.53 Å². The van der Waals surface area contributed by atoms with Crippen LogP contribution in [0.25, 0.3) is 5.69 Å². The number of anilines is 1. The molecule has 3 rings (SSSR count). The molecule has 0 amide bonds. The molecule has 1 atom stereocenters. The lowest BCUT2D eigenvalue weighted by atomic mass is 10.1. The van der Waals surface area contributed by atoms with Gasteiger partial charge in [0.15, 0.2) is 6.04 Å². The van der Waals surface area contributed by atoms with E-state index in [-0.39, 0.29) is 5.97 Å². The van der Waals surface area contributed by atoms with Crippen LogP contribution < -0.4 is 5.32 Å². The topological polar surface area (TPSA) is 69.0 Å². The number of ether oxygens (including phenoxy) is 1. The van der Waals surface area contributed by atoms with E-state index < -0.39 is 6.04 Å². The van der Waals surface area contributed by atoms with Crippen LogP contribution in [-0.4, -0.2) is 27.8 Å². The zero-order valence-electron chi connectivity index (χ0n) is 13.5. The van der Waals surface area contributed by atoms with Crippen molar-refractivity contribution in [3.63, 3.8) is 0 Å². The number of pyridine rings is 1. The summed E-state index contributed by atoms with van der Waals surface area (Å²) in [6.45, 7) is 1.94. The predicted octanol–water partition coefficient (Wildman–Crippen LogP) is 2.90. The largest absolute Gasteiger partial charge is 0.467 e. The molecular formula is C18H18N4O2. The molecule has 24 heavy (non-hydrogen) atoms. The van der Waals surface area contributed by atoms with Crippen LogP contribution >= 0.6 is 0 Å². The molecule has 122 valence electrons. The summed E-state index contributed by atoms with van der Waals surface area (Å²) in [5.74, 6) is -0.380. The van der Waals surface area contributed by atoms with E-state index in [0.717, 1.165) is 22.6 Å². The Kier molecular flexibility index (Phi) is 4.56. The number of nitrogens with zero attached hydrogens (tertiary/aromatic N) is 3. The lowest BCUT2D eigenvalue weighted by Gasteiger charge is -2.17. The third-order valence-electron chi connectivity index (χ3n) is 3.77. The molecule has 2 aromatic heterocycles. The number of hydrogen-bond donors (Lipinski definition) is 1. The van der Waals surface area contributed by atoms with Crippen molar-refractivity contribution in [2.24, 2.45) is 0 Å². The first-order valence-electron chi connectivity index (χ1n) is 7.55. The standard InChI is InChI=1S/C18H18N4O2/c1-13-16(12-20-22(13)15-8-4-3-5-9-15)21-17(18(23)24-2)14-7-6-10-19-11-14/h3-12,17,21H,1-2H3/t17-/m1/s1. The Morgan fingerprint density at radius 1 is 1.17 bits per heavy atom. The van der Waals surface area contributed by atoms with Crippen molar-refractivity contribution >= 4 is 11.7 Å². The number of carbonyl (C=O) groups is 1. The molecular weight excluding hydrogens is 304 g/mol. The number of nitrogens with one attached hydrogen (secondary N) is 1. The number of benzene rings is 1. The van der Waals surface area contributed by atoms with Crippen molar-refractivity contribution in [3.05, 3.63) is 72.3 Å². The van der Waals surface area contributed by atoms with E-state index in [9.17, 15) is 4.79 Å². The van der Waals surface area contributed by atoms with Gasteiger partial charge in [0.2, 0.25) is 0 Å². The Labute approximate surface area is 140 Å². The first-order chi connectivity index (χ1) is 11.7. The number of carbonyl (C=O) groups excluding carboxylic acids is 1. The number of esters is 1. The van der Waals surface area contributed by atoms with Crippen LogP contribution in [-0.2, 0) is 9.53 Å². The fraction of sp³-hybridized carbons (Fsp3) is 0.167. The zero-order valence-corrected chi connectivity index (χ0v) is 13.5. The van der Waals surface area contributed by atoms with E-state index in [0.29, 0.717) is 0 Å². The molecule has 2 heterocycles. The Morgan fingerprint density at radius 2 is 1.96 bits per heavy atom. The van der Waals surface area contributed by atoms with E-state index in [1.54, 1.807) is 24.7 Å². The fourth-order valence-corrected chi connectivity index (χ4v) is 2.48. The van der Waals surface area contributed by atoms with E-state index in [1.165, 1.54) is 7.11 Å². The average Bonchev–Trinajstić information content (AvgIpc) is 3.01. The molecule has 0 radical (unpaired) electrons. The van der Waals surface area contributed by atoms with Crippen LogP contribution in [0.2, 0.25) is 0 Å². The van der Waals surface area contributed by atoms with Gasteiger partial charge in [-0.1, -0.05) is 24.3 Å². The van der Waals surface area contributed by atoms with E-state index in [1.807, 2.05) is 48.0 Å². The van der Waals surface area contributed by atoms with Crippen molar-refractivity contribution in [1.29, 1.82) is 0 Å². The third kappa shape index (κ3) is 3.12. The van der Waals surface area contributed by atoms with Gasteiger partial charge >= 0.3 is 5.97 Å². The highest BCUT2D eigenvalue weighted by Crippen LogP contribution is 2.24. The van der Waals surface area contributed by atoms with Gasteiger partial charge in [-0.2, -0.15) is 5.10 Å². The molecule has 0 spiro atoms. The van der Waals surface area contributed by atoms with Crippen LogP contribution in [0, 0.1) is 6.92 Å². The minimum Gasteiger partial charge on any atom is -0.467 e. The van der Waals surface area contributed by atoms with Crippen LogP contribution in [0.5, 0.6) is 0 Å². The van der Waals surface area contributed by atoms with Gasteiger partial charge in [-0.05, 0) is 25.1 Å². The second-order valence-electron chi connectivity index (χ2n) is 5.28. The van der Waals surface area contributed by atoms with Crippen LogP contribution in [0.4, 0.5) is 5.69 Å². The van der Waals surface area contributed by atoms with Crippen molar-refractivity contribution in [3.8, 4) is 5.69 Å². The second-order valence-corrected chi connectivity index (χ2v) is 5.28. The number of aromatic nitrogens is 3. The molecule has 0 saturated heterocycles. The Hall–Kier alpha value is -3.15. The molecule has 0 bridgehead atoms. The first kappa shape index (κ1) is 15.7. The summed E-state index contributed by atoms with van der Waals surface area (Å²) in [7, 11) is 1.37. The minimum atomic E-state index is -0.643. The highest BCUT2D eigenvalue weighted by Gasteiger charge is 2.23. The third-order valence-corrected chi connectivity index (χ3v) is 3.77. The van der Waals surface area contributed by atoms with Gasteiger partial charge in [0, 0.05) is 18.0 Å². The quantitative estimate of drug-likeness (QED) is 0.732. The molecule has 0 aliphatic heterocycles. The maximum Gasteiger partial charge on any atom is 0.333 e. The average molecular weight is 322 g/mol. The maximum atomic E-state index is 12.2. The maximum absolute atomic E-state index is 12.2. The molecule has 1 N–H and O–H groups in total. The highest BCUT2D eigenvalue weighted by atomic mass is 16.5. The van der Waals surface area contributed by atoms with Gasteiger partial charge < -0.3 is 10.1 Å². The van der Waals surface area contributed by atoms with E-state index in [2.05, 4.69) is 15.4 Å². The van der Waals surface area contributed by atoms with Crippen LogP contribution in [0.1, 0.15) is 17.3 Å². The lowest BCUT2D eigenvalue weighted by molar-refractivity contribution is -0.141. The van der Waals surface area contributed by atoms with Crippen molar-refractivity contribution in [2.45, 2.75) is 13.0 Å². The summed E-state index contributed by atoms with van der Waals surface area (Å²) >= 11 is 0. The fourth-order valence-electron chi connectivity index (χ4n) is 2.48. The first-order valence-corrected chi connectivity index (χ1v) is 7.55. The second kappa shape index (κ2) is 6.95. The predicted molar refractivity (Wildman–Crippen MR) is 90.9 cm³/mol. The minimum absolute atomic E-state index is 0.380. The van der Waals surface area contributed by atoms with E-state index in [4.69, 9.17) is 4.74 Å². The normalized spacial score (nSPS) is 11.8. The Morgan fingerprint density at radius 3 is 2.62 bits per heavy atom. The zero-order chi connectivity index (χ0) is 16.9. The SMILES string of the molecule is COC(=O)[C@H](Nc1cnn(-c2ccccc2)c1C)c1cccnc1. The van der Waals surface area contributed by atoms with Gasteiger partial charge in [-0.25, -0.2) is 9.48 Å². The summed E-state index contributed by atoms with van der Waals surface area (Å²) in [6.07, 6.45) is 5.01. The molecule has 0 unspecified atom stereocenters. The number of hydrogen-bond acceptors (Lipinski definition) is 5. The van der Waals surface area contributed by atoms with E-state index >= 15 is 0 Å². The van der Waals surface area contributed by atoms with Gasteiger partial charge in [-0.15, -0.1) is 0 Å². The van der Waals surface area contributed by atoms with Crippen LogP contribution in [0.15, 0.2) is 61.1 Å². The van der Waals surface area contributed by atoms with Crippen molar-refractivity contribution in [2.75, 3.05) is 12.4 Å². The Bertz CT molecular complexity index is 816. The summed E-state index contributed by atoms with van der Waals surface area (Å²) in [6, 6.07) is 12.8. The molecule has 0 aliphatic rings. The number of rotatable bonds is 5. The summed E-state index contributed by atoms with van der Waals surface area (Å²) in [4.78, 5) is 16.2. The number of para-hydroxylation sites is 1. The van der Waals surface area contributed by atoms with Crippen molar-refractivity contribution in [1.82, 2.24) is 14.8 Å². The molecule has 0 fully saturated rings. The summed E-state index contributed by atoms with van der Waals surface area (Å²) in [5.41, 5.74) is 3.35. The molecule has 6 heteroatoms. The van der Waals surface area contributed by atoms with Gasteiger partial charge in [0.1, 0.15) is 0 Å². The van der Waals surface area contributed by atoms with Gasteiger partial charge in [0.05, 0.1) is 30.4 Å². The molecule has 6 nitrogen and oxygen atoms in total. The summed E-state index contributed by atoms with van der Waals surface area (Å²) in [5, 5.41) is 7.61. The summed E-state index contributed by atoms with van der Waals surface area (Å²) < 4.78 is 6.73. The smallest absolute Gasteiger partial charge is 0.333 e. The molecule has 1 aromatic carbocycles. The molecule has 0 saturated carbocycles. The monoisotopic (exact) mass is 322 g/mol. The number of methoxy groups -OCH3 is 1. The van der Waals surface area contributed by atoms with Gasteiger partial charge in [0.25, 0.3) is 0 Å². The molecule has 0 aliphatic carbocycles.